The normalized spacial score (nSPS) is 9.44. The van der Waals surface area contributed by atoms with Crippen molar-refractivity contribution in [1.29, 1.82) is 0 Å². The summed E-state index contributed by atoms with van der Waals surface area (Å²) in [6, 6.07) is 6.83. The molecule has 94 valence electrons. The zero-order valence-corrected chi connectivity index (χ0v) is 10.7. The second-order valence-corrected chi connectivity index (χ2v) is 3.90. The minimum Gasteiger partial charge on any atom is -0.463 e. The van der Waals surface area contributed by atoms with Crippen LogP contribution in [0.2, 0.25) is 0 Å². The van der Waals surface area contributed by atoms with Gasteiger partial charge in [-0.05, 0) is 26.0 Å². The Bertz CT molecular complexity index is 469. The number of carbonyl (C=O) groups is 1. The van der Waals surface area contributed by atoms with Gasteiger partial charge in [-0.2, -0.15) is 0 Å². The summed E-state index contributed by atoms with van der Waals surface area (Å²) in [5.41, 5.74) is 1.12. The van der Waals surface area contributed by atoms with E-state index in [-0.39, 0.29) is 0 Å². The molecule has 0 aromatic heterocycles. The Hall–Kier alpha value is -2.29. The molecule has 0 radical (unpaired) electrons. The first-order chi connectivity index (χ1) is 8.40. The molecule has 0 fully saturated rings. The lowest BCUT2D eigenvalue weighted by Crippen LogP contribution is -2.03. The minimum absolute atomic E-state index is 0.349. The molecule has 0 heterocycles. The number of hydrogen-bond donors (Lipinski definition) is 0. The van der Waals surface area contributed by atoms with Gasteiger partial charge in [0, 0.05) is 5.56 Å². The molecule has 0 N–H and O–H groups in total. The van der Waals surface area contributed by atoms with Gasteiger partial charge in [-0.3, -0.25) is 0 Å². The lowest BCUT2D eigenvalue weighted by atomic mass is 10.1. The van der Waals surface area contributed by atoms with Gasteiger partial charge in [0.2, 0.25) is 0 Å². The average Bonchev–Trinajstić information content (AvgIpc) is 2.27. The third-order valence-electron chi connectivity index (χ3n) is 1.98. The van der Waals surface area contributed by atoms with E-state index in [1.807, 2.05) is 0 Å². The third kappa shape index (κ3) is 3.94. The first-order valence-corrected chi connectivity index (χ1v) is 5.40. The fourth-order valence-electron chi connectivity index (χ4n) is 1.31. The van der Waals surface area contributed by atoms with Crippen molar-refractivity contribution >= 4 is 11.7 Å². The van der Waals surface area contributed by atoms with Gasteiger partial charge in [-0.15, -0.1) is 0 Å². The van der Waals surface area contributed by atoms with Crippen molar-refractivity contribution in [3.63, 3.8) is 0 Å². The summed E-state index contributed by atoms with van der Waals surface area (Å²) in [5, 5.41) is 0. The van der Waals surface area contributed by atoms with E-state index in [9.17, 15) is 4.79 Å². The Morgan fingerprint density at radius 1 is 1.00 bits per heavy atom. The van der Waals surface area contributed by atoms with Gasteiger partial charge in [-0.25, -0.2) is 4.79 Å². The molecular weight excluding hydrogens is 228 g/mol. The molecule has 3 nitrogen and oxygen atoms in total. The molecule has 0 bridgehead atoms. The Labute approximate surface area is 107 Å². The average molecular weight is 244 g/mol. The molecule has 0 spiro atoms. The number of allylic oxidation sites excluding steroid dienone is 2. The van der Waals surface area contributed by atoms with E-state index in [4.69, 9.17) is 9.47 Å². The first-order valence-electron chi connectivity index (χ1n) is 5.40. The zero-order valence-electron chi connectivity index (χ0n) is 10.7. The molecule has 0 amide bonds. The van der Waals surface area contributed by atoms with Crippen molar-refractivity contribution in [3.8, 4) is 0 Å². The van der Waals surface area contributed by atoms with Crippen LogP contribution in [0.5, 0.6) is 0 Å². The Kier molecular flexibility index (Phi) is 4.49. The number of carbonyl (C=O) groups excluding carboxylic acids is 1. The van der Waals surface area contributed by atoms with Crippen LogP contribution >= 0.6 is 0 Å². The summed E-state index contributed by atoms with van der Waals surface area (Å²) in [6.45, 7) is 14.3. The second-order valence-electron chi connectivity index (χ2n) is 3.90. The predicted octanol–water partition coefficient (Wildman–Crippen LogP) is 3.90. The SMILES string of the molecule is C=C(C)OC(=C)c1cccc(C(=O)OC(=C)C)c1. The van der Waals surface area contributed by atoms with Crippen LogP contribution in [-0.4, -0.2) is 5.97 Å². The van der Waals surface area contributed by atoms with Gasteiger partial charge < -0.3 is 9.47 Å². The van der Waals surface area contributed by atoms with Crippen LogP contribution in [0.4, 0.5) is 0 Å². The molecule has 1 rings (SSSR count). The topological polar surface area (TPSA) is 35.5 Å². The highest BCUT2D eigenvalue weighted by molar-refractivity contribution is 5.90. The smallest absolute Gasteiger partial charge is 0.343 e. The minimum atomic E-state index is -0.451. The number of esters is 1. The van der Waals surface area contributed by atoms with Gasteiger partial charge in [0.05, 0.1) is 17.1 Å². The van der Waals surface area contributed by atoms with E-state index in [1.54, 1.807) is 38.1 Å². The van der Waals surface area contributed by atoms with E-state index < -0.39 is 5.97 Å². The molecule has 18 heavy (non-hydrogen) atoms. The first kappa shape index (κ1) is 13.8. The van der Waals surface area contributed by atoms with E-state index in [1.165, 1.54) is 0 Å². The molecule has 3 heteroatoms. The van der Waals surface area contributed by atoms with Crippen LogP contribution in [-0.2, 0) is 9.47 Å². The summed E-state index contributed by atoms with van der Waals surface area (Å²) >= 11 is 0. The van der Waals surface area contributed by atoms with Crippen molar-refractivity contribution < 1.29 is 14.3 Å². The summed E-state index contributed by atoms with van der Waals surface area (Å²) in [7, 11) is 0. The van der Waals surface area contributed by atoms with E-state index in [0.29, 0.717) is 28.4 Å². The summed E-state index contributed by atoms with van der Waals surface area (Å²) in [6.07, 6.45) is 0. The monoisotopic (exact) mass is 244 g/mol. The summed E-state index contributed by atoms with van der Waals surface area (Å²) in [4.78, 5) is 11.7. The highest BCUT2D eigenvalue weighted by Gasteiger charge is 2.09. The fraction of sp³-hybridized carbons (Fsp3) is 0.133. The van der Waals surface area contributed by atoms with Crippen molar-refractivity contribution in [2.75, 3.05) is 0 Å². The maximum atomic E-state index is 11.7. The van der Waals surface area contributed by atoms with E-state index in [0.717, 1.165) is 0 Å². The van der Waals surface area contributed by atoms with Gasteiger partial charge in [0.25, 0.3) is 0 Å². The molecule has 0 aliphatic carbocycles. The molecule has 0 aliphatic rings. The Balaban J connectivity index is 2.92. The fourth-order valence-corrected chi connectivity index (χ4v) is 1.31. The highest BCUT2D eigenvalue weighted by atomic mass is 16.5. The van der Waals surface area contributed by atoms with E-state index >= 15 is 0 Å². The molecule has 1 aromatic carbocycles. The molecular formula is C15H16O3. The van der Waals surface area contributed by atoms with E-state index in [2.05, 4.69) is 19.7 Å². The zero-order chi connectivity index (χ0) is 13.7. The van der Waals surface area contributed by atoms with Gasteiger partial charge >= 0.3 is 5.97 Å². The maximum Gasteiger partial charge on any atom is 0.343 e. The number of benzene rings is 1. The van der Waals surface area contributed by atoms with Gasteiger partial charge in [-0.1, -0.05) is 31.9 Å². The molecule has 0 saturated carbocycles. The molecule has 0 atom stereocenters. The van der Waals surface area contributed by atoms with Crippen LogP contribution in [0.25, 0.3) is 5.76 Å². The quantitative estimate of drug-likeness (QED) is 0.582. The maximum absolute atomic E-state index is 11.7. The molecule has 1 aromatic rings. The van der Waals surface area contributed by atoms with Gasteiger partial charge in [0.1, 0.15) is 5.76 Å². The van der Waals surface area contributed by atoms with Crippen molar-refractivity contribution in [3.05, 3.63) is 66.6 Å². The lowest BCUT2D eigenvalue weighted by Gasteiger charge is -2.09. The second kappa shape index (κ2) is 5.87. The largest absolute Gasteiger partial charge is 0.463 e. The van der Waals surface area contributed by atoms with Crippen LogP contribution in [0.15, 0.2) is 55.5 Å². The van der Waals surface area contributed by atoms with Crippen molar-refractivity contribution in [2.45, 2.75) is 13.8 Å². The number of hydrogen-bond acceptors (Lipinski definition) is 3. The van der Waals surface area contributed by atoms with Crippen LogP contribution in [0.3, 0.4) is 0 Å². The summed E-state index contributed by atoms with van der Waals surface area (Å²) < 4.78 is 10.2. The third-order valence-corrected chi connectivity index (χ3v) is 1.98. The predicted molar refractivity (Wildman–Crippen MR) is 71.6 cm³/mol. The Morgan fingerprint density at radius 3 is 2.11 bits per heavy atom. The highest BCUT2D eigenvalue weighted by Crippen LogP contribution is 2.18. The molecule has 0 unspecified atom stereocenters. The van der Waals surface area contributed by atoms with Crippen molar-refractivity contribution in [2.24, 2.45) is 0 Å². The van der Waals surface area contributed by atoms with Crippen LogP contribution in [0, 0.1) is 0 Å². The molecule has 0 aliphatic heterocycles. The standard InChI is InChI=1S/C15H16O3/c1-10(2)17-12(5)13-7-6-8-14(9-13)15(16)18-11(3)4/h6-9H,1,3,5H2,2,4H3. The van der Waals surface area contributed by atoms with Crippen molar-refractivity contribution in [1.82, 2.24) is 0 Å². The van der Waals surface area contributed by atoms with Gasteiger partial charge in [0.15, 0.2) is 0 Å². The lowest BCUT2D eigenvalue weighted by molar-refractivity contribution is 0.0628. The summed E-state index contributed by atoms with van der Waals surface area (Å²) in [5.74, 6) is 0.872. The Morgan fingerprint density at radius 2 is 1.56 bits per heavy atom. The molecule has 0 saturated heterocycles. The van der Waals surface area contributed by atoms with Crippen LogP contribution < -0.4 is 0 Å². The van der Waals surface area contributed by atoms with Crippen LogP contribution in [0.1, 0.15) is 29.8 Å². The number of rotatable bonds is 5. The number of ether oxygens (including phenoxy) is 2.